The van der Waals surface area contributed by atoms with Gasteiger partial charge in [-0.25, -0.2) is 0 Å². The largest absolute Gasteiger partial charge is 0.494 e. The van der Waals surface area contributed by atoms with Gasteiger partial charge in [-0.2, -0.15) is 0 Å². The molecule has 1 N–H and O–H groups in total. The fourth-order valence-corrected chi connectivity index (χ4v) is 3.80. The molecule has 2 aromatic carbocycles. The molecule has 0 radical (unpaired) electrons. The molecule has 1 saturated heterocycles. The fourth-order valence-electron chi connectivity index (χ4n) is 3.30. The molecule has 0 spiro atoms. The summed E-state index contributed by atoms with van der Waals surface area (Å²) in [5.74, 6) is -0.372. The van der Waals surface area contributed by atoms with Crippen molar-refractivity contribution in [1.29, 1.82) is 0 Å². The Morgan fingerprint density at radius 3 is 2.74 bits per heavy atom. The molecule has 2 heterocycles. The number of anilines is 1. The van der Waals surface area contributed by atoms with E-state index in [2.05, 4.69) is 5.32 Å². The molecule has 0 unspecified atom stereocenters. The van der Waals surface area contributed by atoms with Crippen molar-refractivity contribution in [2.24, 2.45) is 0 Å². The van der Waals surface area contributed by atoms with Crippen molar-refractivity contribution < 1.29 is 23.7 Å². The zero-order valence-corrected chi connectivity index (χ0v) is 19.2. The molecule has 1 aliphatic heterocycles. The number of nitrogens with zero attached hydrogens (tertiary/aromatic N) is 2. The molecule has 0 aliphatic carbocycles. The van der Waals surface area contributed by atoms with Gasteiger partial charge in [-0.3, -0.25) is 29.9 Å². The van der Waals surface area contributed by atoms with Gasteiger partial charge in [0.2, 0.25) is 0 Å². The monoisotopic (exact) mass is 497 g/mol. The van der Waals surface area contributed by atoms with E-state index in [0.717, 1.165) is 0 Å². The second kappa shape index (κ2) is 9.46. The highest BCUT2D eigenvalue weighted by Gasteiger charge is 2.35. The van der Waals surface area contributed by atoms with Crippen LogP contribution in [0.3, 0.4) is 0 Å². The Kier molecular flexibility index (Phi) is 6.44. The first kappa shape index (κ1) is 23.1. The van der Waals surface area contributed by atoms with Crippen molar-refractivity contribution >= 4 is 58.2 Å². The van der Waals surface area contributed by atoms with Crippen molar-refractivity contribution in [3.8, 4) is 17.1 Å². The minimum atomic E-state index is -0.682. The van der Waals surface area contributed by atoms with E-state index in [0.29, 0.717) is 23.6 Å². The SMILES string of the molecule is CCOc1cccc(N2C(=O)C(=Cc3ccc(-c4cc([N+](=O)[O-])ccc4Cl)o3)C(=O)NC2=S)c1. The van der Waals surface area contributed by atoms with Crippen LogP contribution in [0.4, 0.5) is 11.4 Å². The predicted molar refractivity (Wildman–Crippen MR) is 130 cm³/mol. The second-order valence-corrected chi connectivity index (χ2v) is 7.81. The fraction of sp³-hybridized carbons (Fsp3) is 0.0870. The number of nitro benzene ring substituents is 1. The number of furan rings is 1. The lowest BCUT2D eigenvalue weighted by Crippen LogP contribution is -2.54. The summed E-state index contributed by atoms with van der Waals surface area (Å²) in [4.78, 5) is 37.5. The molecule has 4 rings (SSSR count). The average molecular weight is 498 g/mol. The van der Waals surface area contributed by atoms with E-state index in [-0.39, 0.29) is 32.9 Å². The summed E-state index contributed by atoms with van der Waals surface area (Å²) < 4.78 is 11.2. The van der Waals surface area contributed by atoms with Gasteiger partial charge in [-0.1, -0.05) is 17.7 Å². The van der Waals surface area contributed by atoms with Crippen LogP contribution in [0.25, 0.3) is 17.4 Å². The predicted octanol–water partition coefficient (Wildman–Crippen LogP) is 4.74. The van der Waals surface area contributed by atoms with E-state index in [9.17, 15) is 19.7 Å². The maximum atomic E-state index is 13.2. The first-order valence-corrected chi connectivity index (χ1v) is 10.8. The van der Waals surface area contributed by atoms with Crippen molar-refractivity contribution in [3.05, 3.63) is 81.1 Å². The topological polar surface area (TPSA) is 115 Å². The minimum absolute atomic E-state index is 0.0655. The van der Waals surface area contributed by atoms with E-state index in [1.165, 1.54) is 41.3 Å². The standard InChI is InChI=1S/C23H16ClN3O6S/c1-2-32-15-5-3-4-13(10-15)26-22(29)18(21(28)25-23(26)34)12-16-7-9-20(33-16)17-11-14(27(30)31)6-8-19(17)24/h3-12H,2H2,1H3,(H,25,28,34). The second-order valence-electron chi connectivity index (χ2n) is 7.01. The maximum absolute atomic E-state index is 13.2. The summed E-state index contributed by atoms with van der Waals surface area (Å²) in [6, 6.07) is 13.8. The first-order valence-electron chi connectivity index (χ1n) is 9.97. The van der Waals surface area contributed by atoms with E-state index in [1.807, 2.05) is 6.92 Å². The third-order valence-electron chi connectivity index (χ3n) is 4.83. The molecular formula is C23H16ClN3O6S. The van der Waals surface area contributed by atoms with Gasteiger partial charge in [-0.05, 0) is 55.5 Å². The Morgan fingerprint density at radius 2 is 2.00 bits per heavy atom. The maximum Gasteiger partial charge on any atom is 0.270 e. The Labute approximate surface area is 203 Å². The van der Waals surface area contributed by atoms with Crippen molar-refractivity contribution in [2.75, 3.05) is 11.5 Å². The molecule has 172 valence electrons. The van der Waals surface area contributed by atoms with Crippen LogP contribution in [0.1, 0.15) is 12.7 Å². The van der Waals surface area contributed by atoms with Crippen LogP contribution in [0.2, 0.25) is 5.02 Å². The minimum Gasteiger partial charge on any atom is -0.494 e. The summed E-state index contributed by atoms with van der Waals surface area (Å²) in [6.45, 7) is 2.28. The number of amides is 2. The molecule has 34 heavy (non-hydrogen) atoms. The van der Waals surface area contributed by atoms with Crippen LogP contribution in [0, 0.1) is 10.1 Å². The molecule has 11 heteroatoms. The number of rotatable bonds is 6. The van der Waals surface area contributed by atoms with Crippen LogP contribution >= 0.6 is 23.8 Å². The van der Waals surface area contributed by atoms with Crippen molar-refractivity contribution in [3.63, 3.8) is 0 Å². The quantitative estimate of drug-likeness (QED) is 0.172. The van der Waals surface area contributed by atoms with Crippen LogP contribution in [0.5, 0.6) is 5.75 Å². The third kappa shape index (κ3) is 4.54. The summed E-state index contributed by atoms with van der Waals surface area (Å²) >= 11 is 11.4. The van der Waals surface area contributed by atoms with Gasteiger partial charge in [0.1, 0.15) is 22.8 Å². The van der Waals surface area contributed by atoms with Gasteiger partial charge in [0.15, 0.2) is 5.11 Å². The third-order valence-corrected chi connectivity index (χ3v) is 5.44. The van der Waals surface area contributed by atoms with E-state index >= 15 is 0 Å². The smallest absolute Gasteiger partial charge is 0.270 e. The highest BCUT2D eigenvalue weighted by molar-refractivity contribution is 7.80. The van der Waals surface area contributed by atoms with Crippen molar-refractivity contribution in [2.45, 2.75) is 6.92 Å². The highest BCUT2D eigenvalue weighted by atomic mass is 35.5. The molecule has 9 nitrogen and oxygen atoms in total. The van der Waals surface area contributed by atoms with Gasteiger partial charge in [0.25, 0.3) is 17.5 Å². The summed E-state index contributed by atoms with van der Waals surface area (Å²) in [6.07, 6.45) is 1.27. The van der Waals surface area contributed by atoms with Gasteiger partial charge in [0, 0.05) is 23.8 Å². The molecule has 1 aliphatic rings. The Balaban J connectivity index is 1.68. The number of carbonyl (C=O) groups excluding carboxylic acids is 2. The number of non-ortho nitro benzene ring substituents is 1. The van der Waals surface area contributed by atoms with Crippen LogP contribution < -0.4 is 15.0 Å². The Morgan fingerprint density at radius 1 is 1.21 bits per heavy atom. The number of thiocarbonyl (C=S) groups is 1. The van der Waals surface area contributed by atoms with Crippen LogP contribution in [-0.4, -0.2) is 28.5 Å². The average Bonchev–Trinajstić information content (AvgIpc) is 3.25. The van der Waals surface area contributed by atoms with Gasteiger partial charge in [-0.15, -0.1) is 0 Å². The zero-order chi connectivity index (χ0) is 24.4. The number of carbonyl (C=O) groups is 2. The molecular weight excluding hydrogens is 482 g/mol. The summed E-state index contributed by atoms with van der Waals surface area (Å²) in [7, 11) is 0. The van der Waals surface area contributed by atoms with Gasteiger partial charge < -0.3 is 9.15 Å². The number of ether oxygens (including phenoxy) is 1. The molecule has 1 fully saturated rings. The molecule has 1 aromatic heterocycles. The highest BCUT2D eigenvalue weighted by Crippen LogP contribution is 2.33. The number of hydrogen-bond donors (Lipinski definition) is 1. The van der Waals surface area contributed by atoms with E-state index < -0.39 is 16.7 Å². The Hall–Kier alpha value is -4.02. The number of halogens is 1. The van der Waals surface area contributed by atoms with E-state index in [4.69, 9.17) is 33.0 Å². The lowest BCUT2D eigenvalue weighted by molar-refractivity contribution is -0.384. The molecule has 3 aromatic rings. The number of benzene rings is 2. The summed E-state index contributed by atoms with van der Waals surface area (Å²) in [5, 5.41) is 13.8. The lowest BCUT2D eigenvalue weighted by atomic mass is 10.1. The van der Waals surface area contributed by atoms with Gasteiger partial charge in [0.05, 0.1) is 22.2 Å². The van der Waals surface area contributed by atoms with Crippen molar-refractivity contribution in [1.82, 2.24) is 5.32 Å². The molecule has 0 bridgehead atoms. The first-order chi connectivity index (χ1) is 16.3. The Bertz CT molecular complexity index is 1370. The molecule has 0 saturated carbocycles. The lowest BCUT2D eigenvalue weighted by Gasteiger charge is -2.29. The van der Waals surface area contributed by atoms with Crippen LogP contribution in [-0.2, 0) is 9.59 Å². The number of nitrogens with one attached hydrogen (secondary N) is 1. The molecule has 0 atom stereocenters. The number of nitro groups is 1. The molecule has 2 amide bonds. The zero-order valence-electron chi connectivity index (χ0n) is 17.6. The van der Waals surface area contributed by atoms with Crippen LogP contribution in [0.15, 0.2) is 64.6 Å². The van der Waals surface area contributed by atoms with Gasteiger partial charge >= 0.3 is 0 Å². The number of hydrogen-bond acceptors (Lipinski definition) is 7. The summed E-state index contributed by atoms with van der Waals surface area (Å²) in [5.41, 5.74) is 0.364. The van der Waals surface area contributed by atoms with E-state index in [1.54, 1.807) is 24.3 Å². The normalized spacial score (nSPS) is 14.9.